The largest absolute Gasteiger partial charge is 0.373 e. The number of likely N-dealkylation sites (tertiary alicyclic amines) is 1. The van der Waals surface area contributed by atoms with Crippen molar-refractivity contribution in [1.29, 1.82) is 0 Å². The van der Waals surface area contributed by atoms with Crippen LogP contribution < -0.4 is 5.32 Å². The molecule has 1 aliphatic heterocycles. The van der Waals surface area contributed by atoms with Gasteiger partial charge in [-0.3, -0.25) is 4.90 Å². The molecule has 0 bridgehead atoms. The molecule has 1 aromatic carbocycles. The van der Waals surface area contributed by atoms with Crippen molar-refractivity contribution in [2.24, 2.45) is 0 Å². The summed E-state index contributed by atoms with van der Waals surface area (Å²) in [6.07, 6.45) is 8.25. The van der Waals surface area contributed by atoms with Gasteiger partial charge in [0, 0.05) is 43.2 Å². The van der Waals surface area contributed by atoms with E-state index >= 15 is 0 Å². The summed E-state index contributed by atoms with van der Waals surface area (Å²) in [6.45, 7) is 2.97. The normalized spacial score (nSPS) is 16.6. The molecule has 5 heteroatoms. The predicted octanol–water partition coefficient (Wildman–Crippen LogP) is 4.35. The maximum atomic E-state index is 5.05. The molecular weight excluding hydrogens is 370 g/mol. The van der Waals surface area contributed by atoms with E-state index in [0.29, 0.717) is 0 Å². The van der Waals surface area contributed by atoms with Gasteiger partial charge in [-0.15, -0.1) is 0 Å². The van der Waals surface area contributed by atoms with Crippen LogP contribution in [0.25, 0.3) is 5.65 Å². The molecule has 4 heterocycles. The Hall–Kier alpha value is -3.18. The lowest BCUT2D eigenvalue weighted by Gasteiger charge is -2.41. The lowest BCUT2D eigenvalue weighted by Crippen LogP contribution is -2.43. The van der Waals surface area contributed by atoms with E-state index in [2.05, 4.69) is 86.6 Å². The second-order valence-corrected chi connectivity index (χ2v) is 8.08. The molecular formula is C25H27N5. The average molecular weight is 398 g/mol. The Morgan fingerprint density at radius 1 is 0.967 bits per heavy atom. The third-order valence-electron chi connectivity index (χ3n) is 6.41. The van der Waals surface area contributed by atoms with Crippen molar-refractivity contribution in [3.05, 3.63) is 96.1 Å². The molecule has 1 N–H and O–H groups in total. The molecule has 0 radical (unpaired) electrons. The first kappa shape index (κ1) is 18.8. The summed E-state index contributed by atoms with van der Waals surface area (Å²) >= 11 is 0. The van der Waals surface area contributed by atoms with Crippen LogP contribution in [-0.4, -0.2) is 39.4 Å². The molecule has 0 saturated carbocycles. The van der Waals surface area contributed by atoms with Gasteiger partial charge in [0.25, 0.3) is 0 Å². The van der Waals surface area contributed by atoms with Gasteiger partial charge in [-0.2, -0.15) is 0 Å². The minimum Gasteiger partial charge on any atom is -0.373 e. The molecule has 152 valence electrons. The van der Waals surface area contributed by atoms with Crippen molar-refractivity contribution >= 4 is 11.5 Å². The van der Waals surface area contributed by atoms with E-state index in [1.54, 1.807) is 0 Å². The van der Waals surface area contributed by atoms with E-state index in [0.717, 1.165) is 43.9 Å². The number of hydrogen-bond acceptors (Lipinski definition) is 4. The molecule has 30 heavy (non-hydrogen) atoms. The summed E-state index contributed by atoms with van der Waals surface area (Å²) in [5.74, 6) is 0.970. The molecule has 0 atom stereocenters. The number of imidazole rings is 1. The molecule has 1 fully saturated rings. The second kappa shape index (κ2) is 7.92. The molecule has 0 unspecified atom stereocenters. The number of anilines is 1. The highest BCUT2D eigenvalue weighted by molar-refractivity contribution is 5.46. The number of piperidine rings is 1. The molecule has 0 spiro atoms. The van der Waals surface area contributed by atoms with Crippen molar-refractivity contribution in [2.45, 2.75) is 24.8 Å². The van der Waals surface area contributed by atoms with E-state index in [1.165, 1.54) is 16.8 Å². The number of aromatic nitrogens is 3. The third-order valence-corrected chi connectivity index (χ3v) is 6.41. The van der Waals surface area contributed by atoms with Gasteiger partial charge in [-0.1, -0.05) is 42.5 Å². The number of nitrogens with zero attached hydrogens (tertiary/aromatic N) is 4. The number of rotatable bonds is 5. The van der Waals surface area contributed by atoms with Crippen molar-refractivity contribution in [3.8, 4) is 0 Å². The summed E-state index contributed by atoms with van der Waals surface area (Å²) in [6, 6.07) is 21.3. The Labute approximate surface area is 177 Å². The van der Waals surface area contributed by atoms with Gasteiger partial charge in [-0.05, 0) is 49.7 Å². The molecule has 5 rings (SSSR count). The van der Waals surface area contributed by atoms with Crippen LogP contribution in [0.15, 0.2) is 79.3 Å². The van der Waals surface area contributed by atoms with Crippen molar-refractivity contribution in [3.63, 3.8) is 0 Å². The van der Waals surface area contributed by atoms with Gasteiger partial charge in [0.1, 0.15) is 11.5 Å². The maximum Gasteiger partial charge on any atom is 0.137 e. The number of nitrogens with one attached hydrogen (secondary N) is 1. The molecule has 4 aromatic rings. The van der Waals surface area contributed by atoms with E-state index in [4.69, 9.17) is 4.98 Å². The van der Waals surface area contributed by atoms with E-state index < -0.39 is 0 Å². The summed E-state index contributed by atoms with van der Waals surface area (Å²) in [7, 11) is 1.94. The Bertz CT molecular complexity index is 1090. The van der Waals surface area contributed by atoms with Crippen molar-refractivity contribution < 1.29 is 0 Å². The summed E-state index contributed by atoms with van der Waals surface area (Å²) in [4.78, 5) is 12.0. The van der Waals surface area contributed by atoms with Crippen LogP contribution in [0.3, 0.4) is 0 Å². The van der Waals surface area contributed by atoms with E-state index in [-0.39, 0.29) is 5.41 Å². The molecule has 0 amide bonds. The van der Waals surface area contributed by atoms with Gasteiger partial charge in [-0.25, -0.2) is 9.97 Å². The van der Waals surface area contributed by atoms with Crippen LogP contribution in [0.1, 0.15) is 29.7 Å². The van der Waals surface area contributed by atoms with Crippen LogP contribution in [0.4, 0.5) is 5.82 Å². The molecule has 0 aliphatic carbocycles. The number of pyridine rings is 2. The van der Waals surface area contributed by atoms with Gasteiger partial charge < -0.3 is 9.72 Å². The minimum absolute atomic E-state index is 0.0510. The lowest BCUT2D eigenvalue weighted by atomic mass is 9.70. The predicted molar refractivity (Wildman–Crippen MR) is 121 cm³/mol. The minimum atomic E-state index is -0.0510. The Balaban J connectivity index is 1.45. The first-order chi connectivity index (χ1) is 14.8. The van der Waals surface area contributed by atoms with Gasteiger partial charge >= 0.3 is 0 Å². The monoisotopic (exact) mass is 397 g/mol. The second-order valence-electron chi connectivity index (χ2n) is 8.08. The first-order valence-corrected chi connectivity index (χ1v) is 10.6. The molecule has 5 nitrogen and oxygen atoms in total. The standard InChI is InChI=1S/C25H27N5/c1-26-24-20(8-7-14-27-24)18-29-16-12-25(13-17-29,21-9-3-2-4-10-21)22-19-30-15-6-5-11-23(30)28-22/h2-11,14-15,19H,12-13,16-18H2,1H3,(H,26,27). The van der Waals surface area contributed by atoms with Crippen LogP contribution in [0.2, 0.25) is 0 Å². The number of benzene rings is 1. The van der Waals surface area contributed by atoms with Crippen molar-refractivity contribution in [1.82, 2.24) is 19.3 Å². The van der Waals surface area contributed by atoms with Gasteiger partial charge in [0.05, 0.1) is 5.69 Å². The zero-order valence-electron chi connectivity index (χ0n) is 17.3. The Morgan fingerprint density at radius 2 is 1.77 bits per heavy atom. The van der Waals surface area contributed by atoms with Gasteiger partial charge in [0.15, 0.2) is 0 Å². The van der Waals surface area contributed by atoms with Crippen molar-refractivity contribution in [2.75, 3.05) is 25.5 Å². The summed E-state index contributed by atoms with van der Waals surface area (Å²) < 4.78 is 2.14. The highest BCUT2D eigenvalue weighted by atomic mass is 15.1. The summed E-state index contributed by atoms with van der Waals surface area (Å²) in [5.41, 5.74) is 4.76. The van der Waals surface area contributed by atoms with Crippen LogP contribution >= 0.6 is 0 Å². The van der Waals surface area contributed by atoms with Gasteiger partial charge in [0.2, 0.25) is 0 Å². The zero-order valence-corrected chi connectivity index (χ0v) is 17.3. The number of hydrogen-bond donors (Lipinski definition) is 1. The van der Waals surface area contributed by atoms with Crippen LogP contribution in [-0.2, 0) is 12.0 Å². The highest BCUT2D eigenvalue weighted by Gasteiger charge is 2.39. The lowest BCUT2D eigenvalue weighted by molar-refractivity contribution is 0.170. The molecule has 3 aromatic heterocycles. The zero-order chi connectivity index (χ0) is 20.4. The van der Waals surface area contributed by atoms with Crippen LogP contribution in [0.5, 0.6) is 0 Å². The van der Waals surface area contributed by atoms with E-state index in [9.17, 15) is 0 Å². The smallest absolute Gasteiger partial charge is 0.137 e. The average Bonchev–Trinajstić information content (AvgIpc) is 3.25. The SMILES string of the molecule is CNc1ncccc1CN1CCC(c2ccccc2)(c2cn3ccccc3n2)CC1. The van der Waals surface area contributed by atoms with Crippen LogP contribution in [0, 0.1) is 0 Å². The molecule has 1 saturated heterocycles. The van der Waals surface area contributed by atoms with E-state index in [1.807, 2.05) is 19.3 Å². The maximum absolute atomic E-state index is 5.05. The molecule has 1 aliphatic rings. The first-order valence-electron chi connectivity index (χ1n) is 10.6. The Morgan fingerprint density at radius 3 is 2.53 bits per heavy atom. The summed E-state index contributed by atoms with van der Waals surface area (Å²) in [5, 5.41) is 3.22. The fourth-order valence-electron chi connectivity index (χ4n) is 4.74. The number of fused-ring (bicyclic) bond motifs is 1. The third kappa shape index (κ3) is 3.35. The fourth-order valence-corrected chi connectivity index (χ4v) is 4.74. The highest BCUT2D eigenvalue weighted by Crippen LogP contribution is 2.41. The quantitative estimate of drug-likeness (QED) is 0.544. The fraction of sp³-hybridized carbons (Fsp3) is 0.280. The topological polar surface area (TPSA) is 45.5 Å². The Kier molecular flexibility index (Phi) is 4.97.